The third-order valence-corrected chi connectivity index (χ3v) is 2.69. The topological polar surface area (TPSA) is 9.23 Å². The molecule has 1 fully saturated rings. The molecule has 54 valence electrons. The first-order chi connectivity index (χ1) is 4.25. The molecule has 3 atom stereocenters. The summed E-state index contributed by atoms with van der Waals surface area (Å²) in [4.78, 5) is 0. The second kappa shape index (κ2) is 2.70. The van der Waals surface area contributed by atoms with Crippen molar-refractivity contribution in [3.05, 3.63) is 0 Å². The second-order valence-corrected chi connectivity index (χ2v) is 3.19. The highest BCUT2D eigenvalue weighted by Gasteiger charge is 2.29. The van der Waals surface area contributed by atoms with Gasteiger partial charge in [-0.1, -0.05) is 13.8 Å². The van der Waals surface area contributed by atoms with Gasteiger partial charge < -0.3 is 4.74 Å². The largest absolute Gasteiger partial charge is 0.381 e. The molecule has 1 aliphatic carbocycles. The first-order valence-electron chi connectivity index (χ1n) is 3.78. The lowest BCUT2D eigenvalue weighted by Gasteiger charge is -2.15. The molecule has 0 amide bonds. The summed E-state index contributed by atoms with van der Waals surface area (Å²) < 4.78 is 5.29. The van der Waals surface area contributed by atoms with Crippen LogP contribution >= 0.6 is 0 Å². The average Bonchev–Trinajstić information content (AvgIpc) is 2.15. The van der Waals surface area contributed by atoms with Gasteiger partial charge in [0.1, 0.15) is 0 Å². The summed E-state index contributed by atoms with van der Waals surface area (Å²) in [7, 11) is 1.82. The zero-order chi connectivity index (χ0) is 6.85. The Bertz CT molecular complexity index is 90.6. The monoisotopic (exact) mass is 128 g/mol. The molecule has 1 rings (SSSR count). The SMILES string of the molecule is CO[C@H]1CC[C@H](C)[C@@H]1C. The molecule has 1 saturated carbocycles. The highest BCUT2D eigenvalue weighted by molar-refractivity contribution is 4.79. The molecule has 0 radical (unpaired) electrons. The highest BCUT2D eigenvalue weighted by Crippen LogP contribution is 2.32. The van der Waals surface area contributed by atoms with Crippen LogP contribution in [0.4, 0.5) is 0 Å². The van der Waals surface area contributed by atoms with Gasteiger partial charge in [0, 0.05) is 7.11 Å². The minimum absolute atomic E-state index is 0.542. The fraction of sp³-hybridized carbons (Fsp3) is 1.00. The van der Waals surface area contributed by atoms with Crippen molar-refractivity contribution >= 4 is 0 Å². The molecule has 1 nitrogen and oxygen atoms in total. The Morgan fingerprint density at radius 3 is 2.11 bits per heavy atom. The molecule has 0 aliphatic heterocycles. The molecule has 9 heavy (non-hydrogen) atoms. The number of methoxy groups -OCH3 is 1. The van der Waals surface area contributed by atoms with Crippen LogP contribution in [0.5, 0.6) is 0 Å². The predicted molar refractivity (Wildman–Crippen MR) is 38.4 cm³/mol. The van der Waals surface area contributed by atoms with Crippen molar-refractivity contribution in [3.63, 3.8) is 0 Å². The minimum atomic E-state index is 0.542. The van der Waals surface area contributed by atoms with Crippen molar-refractivity contribution < 1.29 is 4.74 Å². The van der Waals surface area contributed by atoms with E-state index in [1.165, 1.54) is 12.8 Å². The van der Waals surface area contributed by atoms with E-state index in [0.29, 0.717) is 6.10 Å². The van der Waals surface area contributed by atoms with Gasteiger partial charge in [0.25, 0.3) is 0 Å². The van der Waals surface area contributed by atoms with Crippen molar-refractivity contribution in [2.75, 3.05) is 7.11 Å². The summed E-state index contributed by atoms with van der Waals surface area (Å²) in [5, 5.41) is 0. The number of hydrogen-bond acceptors (Lipinski definition) is 1. The van der Waals surface area contributed by atoms with Gasteiger partial charge >= 0.3 is 0 Å². The van der Waals surface area contributed by atoms with Crippen LogP contribution in [-0.2, 0) is 4.74 Å². The summed E-state index contributed by atoms with van der Waals surface area (Å²) in [6, 6.07) is 0. The van der Waals surface area contributed by atoms with E-state index in [0.717, 1.165) is 11.8 Å². The molecule has 0 unspecified atom stereocenters. The summed E-state index contributed by atoms with van der Waals surface area (Å²) in [6.45, 7) is 4.59. The Morgan fingerprint density at radius 2 is 1.89 bits per heavy atom. The highest BCUT2D eigenvalue weighted by atomic mass is 16.5. The third kappa shape index (κ3) is 1.26. The summed E-state index contributed by atoms with van der Waals surface area (Å²) in [5.74, 6) is 1.64. The standard InChI is InChI=1S/C8H16O/c1-6-4-5-8(9-3)7(6)2/h6-8H,4-5H2,1-3H3/t6-,7-,8-/m0/s1. The van der Waals surface area contributed by atoms with E-state index in [9.17, 15) is 0 Å². The molecule has 1 heteroatoms. The van der Waals surface area contributed by atoms with E-state index < -0.39 is 0 Å². The quantitative estimate of drug-likeness (QED) is 0.525. The first-order valence-corrected chi connectivity index (χ1v) is 3.78. The molecule has 0 aromatic heterocycles. The van der Waals surface area contributed by atoms with Crippen LogP contribution in [0, 0.1) is 11.8 Å². The summed E-state index contributed by atoms with van der Waals surface area (Å²) in [6.07, 6.45) is 3.15. The summed E-state index contributed by atoms with van der Waals surface area (Å²) in [5.41, 5.74) is 0. The van der Waals surface area contributed by atoms with Gasteiger partial charge in [-0.2, -0.15) is 0 Å². The van der Waals surface area contributed by atoms with Gasteiger partial charge in [0.05, 0.1) is 6.10 Å². The molecule has 0 aromatic carbocycles. The Labute approximate surface area is 57.4 Å². The maximum absolute atomic E-state index is 5.29. The lowest BCUT2D eigenvalue weighted by molar-refractivity contribution is 0.0700. The lowest BCUT2D eigenvalue weighted by Crippen LogP contribution is -2.16. The van der Waals surface area contributed by atoms with Gasteiger partial charge in [-0.25, -0.2) is 0 Å². The van der Waals surface area contributed by atoms with Crippen LogP contribution in [0.2, 0.25) is 0 Å². The molecule has 0 N–H and O–H groups in total. The Kier molecular flexibility index (Phi) is 2.12. The number of hydrogen-bond donors (Lipinski definition) is 0. The normalized spacial score (nSPS) is 43.7. The maximum atomic E-state index is 5.29. The lowest BCUT2D eigenvalue weighted by atomic mass is 9.99. The average molecular weight is 128 g/mol. The van der Waals surface area contributed by atoms with E-state index in [2.05, 4.69) is 13.8 Å². The van der Waals surface area contributed by atoms with E-state index in [1.807, 2.05) is 7.11 Å². The Balaban J connectivity index is 2.41. The molecule has 0 bridgehead atoms. The fourth-order valence-electron chi connectivity index (χ4n) is 1.65. The molecule has 0 saturated heterocycles. The number of rotatable bonds is 1. The van der Waals surface area contributed by atoms with Gasteiger partial charge in [-0.3, -0.25) is 0 Å². The minimum Gasteiger partial charge on any atom is -0.381 e. The fourth-order valence-corrected chi connectivity index (χ4v) is 1.65. The van der Waals surface area contributed by atoms with Crippen LogP contribution in [0.3, 0.4) is 0 Å². The van der Waals surface area contributed by atoms with Crippen LogP contribution in [0.1, 0.15) is 26.7 Å². The molecule has 0 aromatic rings. The Hall–Kier alpha value is -0.0400. The predicted octanol–water partition coefficient (Wildman–Crippen LogP) is 2.07. The van der Waals surface area contributed by atoms with E-state index >= 15 is 0 Å². The third-order valence-electron chi connectivity index (χ3n) is 2.69. The molecule has 1 aliphatic rings. The van der Waals surface area contributed by atoms with Gasteiger partial charge in [-0.05, 0) is 24.7 Å². The van der Waals surface area contributed by atoms with Crippen LogP contribution in [0.15, 0.2) is 0 Å². The van der Waals surface area contributed by atoms with Gasteiger partial charge in [0.2, 0.25) is 0 Å². The van der Waals surface area contributed by atoms with Crippen LogP contribution < -0.4 is 0 Å². The zero-order valence-electron chi connectivity index (χ0n) is 6.55. The molecule has 0 spiro atoms. The van der Waals surface area contributed by atoms with Crippen molar-refractivity contribution in [1.29, 1.82) is 0 Å². The maximum Gasteiger partial charge on any atom is 0.0599 e. The Morgan fingerprint density at radius 1 is 1.22 bits per heavy atom. The zero-order valence-corrected chi connectivity index (χ0v) is 6.55. The molecular formula is C8H16O. The van der Waals surface area contributed by atoms with Crippen molar-refractivity contribution in [2.24, 2.45) is 11.8 Å². The number of ether oxygens (including phenoxy) is 1. The van der Waals surface area contributed by atoms with Crippen molar-refractivity contribution in [2.45, 2.75) is 32.8 Å². The first kappa shape index (κ1) is 7.07. The van der Waals surface area contributed by atoms with Crippen molar-refractivity contribution in [3.8, 4) is 0 Å². The van der Waals surface area contributed by atoms with E-state index in [-0.39, 0.29) is 0 Å². The van der Waals surface area contributed by atoms with Gasteiger partial charge in [-0.15, -0.1) is 0 Å². The molecule has 0 heterocycles. The van der Waals surface area contributed by atoms with Crippen LogP contribution in [0.25, 0.3) is 0 Å². The van der Waals surface area contributed by atoms with E-state index in [1.54, 1.807) is 0 Å². The van der Waals surface area contributed by atoms with Crippen molar-refractivity contribution in [1.82, 2.24) is 0 Å². The summed E-state index contributed by atoms with van der Waals surface area (Å²) >= 11 is 0. The smallest absolute Gasteiger partial charge is 0.0599 e. The van der Waals surface area contributed by atoms with Gasteiger partial charge in [0.15, 0.2) is 0 Å². The molecular weight excluding hydrogens is 112 g/mol. The van der Waals surface area contributed by atoms with Crippen LogP contribution in [-0.4, -0.2) is 13.2 Å². The second-order valence-electron chi connectivity index (χ2n) is 3.19. The van der Waals surface area contributed by atoms with E-state index in [4.69, 9.17) is 4.74 Å².